The van der Waals surface area contributed by atoms with E-state index in [0.29, 0.717) is 36.1 Å². The maximum Gasteiger partial charge on any atom is 0.418 e. The molecular weight excluding hydrogens is 517 g/mol. The topological polar surface area (TPSA) is 108 Å². The van der Waals surface area contributed by atoms with Crippen LogP contribution in [0.3, 0.4) is 0 Å². The van der Waals surface area contributed by atoms with Crippen molar-refractivity contribution in [2.45, 2.75) is 56.5 Å². The molecule has 1 aliphatic carbocycles. The van der Waals surface area contributed by atoms with E-state index >= 15 is 0 Å². The molecule has 2 fully saturated rings. The summed E-state index contributed by atoms with van der Waals surface area (Å²) in [5, 5.41) is 5.11. The van der Waals surface area contributed by atoms with E-state index in [1.165, 1.54) is 24.1 Å². The fourth-order valence-electron chi connectivity index (χ4n) is 5.77. The lowest BCUT2D eigenvalue weighted by molar-refractivity contribution is -0.143. The average molecular weight is 545 g/mol. The second-order valence-electron chi connectivity index (χ2n) is 10.0. The third kappa shape index (κ3) is 4.57. The van der Waals surface area contributed by atoms with Crippen LogP contribution in [0.25, 0.3) is 0 Å². The molecule has 3 aliphatic rings. The molecule has 1 spiro atoms. The number of carbonyl (C=O) groups is 4. The van der Waals surface area contributed by atoms with Crippen molar-refractivity contribution in [1.29, 1.82) is 0 Å². The van der Waals surface area contributed by atoms with Gasteiger partial charge in [-0.2, -0.15) is 13.2 Å². The van der Waals surface area contributed by atoms with Crippen LogP contribution < -0.4 is 10.6 Å². The number of alkyl halides is 3. The van der Waals surface area contributed by atoms with E-state index in [4.69, 9.17) is 4.74 Å². The molecule has 2 heterocycles. The van der Waals surface area contributed by atoms with Gasteiger partial charge in [0.05, 0.1) is 11.6 Å². The predicted octanol–water partition coefficient (Wildman–Crippen LogP) is 4.33. The van der Waals surface area contributed by atoms with Gasteiger partial charge in [0, 0.05) is 30.8 Å². The highest BCUT2D eigenvalue weighted by Gasteiger charge is 2.58. The summed E-state index contributed by atoms with van der Waals surface area (Å²) in [4.78, 5) is 53.8. The minimum Gasteiger partial charge on any atom is -0.427 e. The monoisotopic (exact) mass is 544 g/mol. The number of nitrogens with zero attached hydrogens (tertiary/aromatic N) is 2. The number of urea groups is 1. The molecule has 12 heteroatoms. The molecule has 1 unspecified atom stereocenters. The van der Waals surface area contributed by atoms with Crippen LogP contribution in [-0.4, -0.2) is 53.4 Å². The van der Waals surface area contributed by atoms with Gasteiger partial charge >= 0.3 is 18.3 Å². The van der Waals surface area contributed by atoms with Crippen molar-refractivity contribution in [3.63, 3.8) is 0 Å². The Bertz CT molecular complexity index is 1350. The highest BCUT2D eigenvalue weighted by atomic mass is 19.4. The van der Waals surface area contributed by atoms with Gasteiger partial charge in [-0.05, 0) is 61.6 Å². The molecule has 0 radical (unpaired) electrons. The number of anilines is 1. The van der Waals surface area contributed by atoms with Crippen LogP contribution in [-0.2, 0) is 32.5 Å². The number of hydrogen-bond donors (Lipinski definition) is 2. The number of carbonyl (C=O) groups excluding carboxylic acids is 4. The number of benzene rings is 2. The van der Waals surface area contributed by atoms with Crippen molar-refractivity contribution < 1.29 is 37.1 Å². The number of nitrogens with one attached hydrogen (secondary N) is 2. The Kier molecular flexibility index (Phi) is 6.51. The number of aryl methyl sites for hydroxylation is 1. The van der Waals surface area contributed by atoms with Crippen LogP contribution in [0.1, 0.15) is 54.5 Å². The van der Waals surface area contributed by atoms with Crippen molar-refractivity contribution >= 4 is 29.6 Å². The summed E-state index contributed by atoms with van der Waals surface area (Å²) in [5.41, 5.74) is 0.00919. The third-order valence-corrected chi connectivity index (χ3v) is 7.72. The Labute approximate surface area is 222 Å². The van der Waals surface area contributed by atoms with Gasteiger partial charge in [0.1, 0.15) is 6.54 Å². The molecule has 2 aromatic rings. The molecule has 206 valence electrons. The number of fused-ring (bicyclic) bond motifs is 2. The molecule has 39 heavy (non-hydrogen) atoms. The molecule has 5 amide bonds. The lowest BCUT2D eigenvalue weighted by Crippen LogP contribution is -2.46. The third-order valence-electron chi connectivity index (χ3n) is 7.72. The first-order valence-electron chi connectivity index (χ1n) is 12.6. The molecule has 2 saturated heterocycles. The van der Waals surface area contributed by atoms with Crippen LogP contribution in [0.4, 0.5) is 28.4 Å². The number of hydrogen-bond acceptors (Lipinski definition) is 5. The predicted molar refractivity (Wildman–Crippen MR) is 132 cm³/mol. The van der Waals surface area contributed by atoms with Gasteiger partial charge in [-0.1, -0.05) is 18.2 Å². The van der Waals surface area contributed by atoms with E-state index < -0.39 is 53.9 Å². The van der Waals surface area contributed by atoms with Gasteiger partial charge in [0.15, 0.2) is 0 Å². The van der Waals surface area contributed by atoms with Crippen molar-refractivity contribution in [3.05, 3.63) is 64.7 Å². The van der Waals surface area contributed by atoms with Gasteiger partial charge in [-0.25, -0.2) is 14.5 Å². The molecule has 5 rings (SSSR count). The summed E-state index contributed by atoms with van der Waals surface area (Å²) in [6.45, 7) is 1.29. The molecule has 0 saturated carbocycles. The lowest BCUT2D eigenvalue weighted by Gasteiger charge is -2.30. The number of halogens is 3. The van der Waals surface area contributed by atoms with Crippen molar-refractivity contribution in [2.75, 3.05) is 18.9 Å². The van der Waals surface area contributed by atoms with Crippen LogP contribution in [0, 0.1) is 0 Å². The number of imide groups is 1. The highest BCUT2D eigenvalue weighted by Crippen LogP contribution is 2.46. The van der Waals surface area contributed by atoms with E-state index in [2.05, 4.69) is 10.6 Å². The Morgan fingerprint density at radius 1 is 1.10 bits per heavy atom. The fourth-order valence-corrected chi connectivity index (χ4v) is 5.77. The van der Waals surface area contributed by atoms with E-state index in [1.54, 1.807) is 18.2 Å². The first-order chi connectivity index (χ1) is 18.4. The zero-order chi connectivity index (χ0) is 28.1. The summed E-state index contributed by atoms with van der Waals surface area (Å²) < 4.78 is 44.6. The Morgan fingerprint density at radius 3 is 2.49 bits per heavy atom. The van der Waals surface area contributed by atoms with Crippen LogP contribution in [0.5, 0.6) is 0 Å². The van der Waals surface area contributed by atoms with Gasteiger partial charge in [0.2, 0.25) is 11.5 Å². The molecule has 9 nitrogen and oxygen atoms in total. The Morgan fingerprint density at radius 2 is 1.82 bits per heavy atom. The minimum absolute atomic E-state index is 0.204. The molecule has 0 bridgehead atoms. The number of rotatable bonds is 4. The summed E-state index contributed by atoms with van der Waals surface area (Å²) >= 11 is 0. The fraction of sp³-hybridized carbons (Fsp3) is 0.407. The van der Waals surface area contributed by atoms with Gasteiger partial charge < -0.3 is 20.3 Å². The maximum absolute atomic E-state index is 13.5. The smallest absolute Gasteiger partial charge is 0.418 e. The molecule has 3 atom stereocenters. The van der Waals surface area contributed by atoms with E-state index in [9.17, 15) is 32.3 Å². The average Bonchev–Trinajstić information content (AvgIpc) is 3.53. The SMILES string of the molecule is CNC(=O)Nc1ccc2c(c1)CCC21OC(=O)N(CC(=O)N2[C@@H](c3ccc(C(F)(F)F)cc3)CC[C@@H]2C)C1=O. The quantitative estimate of drug-likeness (QED) is 0.596. The van der Waals surface area contributed by atoms with E-state index in [0.717, 1.165) is 22.6 Å². The first kappa shape index (κ1) is 26.5. The van der Waals surface area contributed by atoms with Gasteiger partial charge in [-0.15, -0.1) is 0 Å². The summed E-state index contributed by atoms with van der Waals surface area (Å²) in [5.74, 6) is -1.12. The molecule has 2 aliphatic heterocycles. The Hall–Kier alpha value is -4.09. The number of likely N-dealkylation sites (tertiary alicyclic amines) is 1. The largest absolute Gasteiger partial charge is 0.427 e. The maximum atomic E-state index is 13.5. The minimum atomic E-state index is -4.47. The van der Waals surface area contributed by atoms with Crippen molar-refractivity contribution in [3.8, 4) is 0 Å². The van der Waals surface area contributed by atoms with E-state index in [-0.39, 0.29) is 12.5 Å². The molecule has 0 aromatic heterocycles. The lowest BCUT2D eigenvalue weighted by atomic mass is 9.94. The molecule has 2 aromatic carbocycles. The number of amides is 5. The van der Waals surface area contributed by atoms with Crippen molar-refractivity contribution in [2.24, 2.45) is 0 Å². The summed E-state index contributed by atoms with van der Waals surface area (Å²) in [6, 6.07) is 8.54. The second-order valence-corrected chi connectivity index (χ2v) is 10.0. The van der Waals surface area contributed by atoms with Crippen LogP contribution in [0.15, 0.2) is 42.5 Å². The van der Waals surface area contributed by atoms with Crippen molar-refractivity contribution in [1.82, 2.24) is 15.1 Å². The normalized spacial score (nSPS) is 24.2. The van der Waals surface area contributed by atoms with Gasteiger partial charge in [0.25, 0.3) is 5.91 Å². The Balaban J connectivity index is 1.34. The second kappa shape index (κ2) is 9.58. The van der Waals surface area contributed by atoms with Crippen LogP contribution >= 0.6 is 0 Å². The van der Waals surface area contributed by atoms with Gasteiger partial charge in [-0.3, -0.25) is 9.59 Å². The highest BCUT2D eigenvalue weighted by molar-refractivity contribution is 6.06. The molecular formula is C27H27F3N4O5. The van der Waals surface area contributed by atoms with Crippen LogP contribution in [0.2, 0.25) is 0 Å². The first-order valence-corrected chi connectivity index (χ1v) is 12.6. The van der Waals surface area contributed by atoms with E-state index in [1.807, 2.05) is 6.92 Å². The standard InChI is InChI=1S/C27H27F3N4O5/c1-15-3-10-21(16-4-6-18(7-5-16)27(28,29)30)34(15)22(35)14-33-23(36)26(39-25(33)38)12-11-17-13-19(8-9-20(17)26)32-24(37)31-2/h4-9,13,15,21H,3,10-12,14H2,1-2H3,(H2,31,32,37)/t15-,21+,26?/m0/s1. The summed E-state index contributed by atoms with van der Waals surface area (Å²) in [7, 11) is 1.48. The number of ether oxygens (including phenoxy) is 1. The zero-order valence-corrected chi connectivity index (χ0v) is 21.3. The molecule has 2 N–H and O–H groups in total. The summed E-state index contributed by atoms with van der Waals surface area (Å²) in [6.07, 6.45) is -3.59. The zero-order valence-electron chi connectivity index (χ0n) is 21.3.